The summed E-state index contributed by atoms with van der Waals surface area (Å²) in [6.45, 7) is 0. The predicted octanol–water partition coefficient (Wildman–Crippen LogP) is 4.12. The number of pyridine rings is 1. The van der Waals surface area contributed by atoms with E-state index in [9.17, 15) is 14.4 Å². The Bertz CT molecular complexity index is 949. The second kappa shape index (κ2) is 6.74. The van der Waals surface area contributed by atoms with Crippen molar-refractivity contribution in [3.63, 3.8) is 0 Å². The first-order valence-electron chi connectivity index (χ1n) is 6.67. The number of hydrogen-bond acceptors (Lipinski definition) is 5. The summed E-state index contributed by atoms with van der Waals surface area (Å²) in [6.07, 6.45) is 1.33. The van der Waals surface area contributed by atoms with Crippen LogP contribution in [0.5, 0.6) is 0 Å². The fraction of sp³-hybridized carbons (Fsp3) is 0. The summed E-state index contributed by atoms with van der Waals surface area (Å²) >= 11 is 6.65. The molecular formula is C16H8ClFN4OS. The lowest BCUT2D eigenvalue weighted by Crippen LogP contribution is -2.11. The summed E-state index contributed by atoms with van der Waals surface area (Å²) in [5, 5.41) is 12.3. The van der Waals surface area contributed by atoms with Gasteiger partial charge in [0.15, 0.2) is 5.13 Å². The lowest BCUT2D eigenvalue weighted by Gasteiger charge is -2.01. The number of anilines is 1. The van der Waals surface area contributed by atoms with E-state index in [1.807, 2.05) is 6.07 Å². The van der Waals surface area contributed by atoms with Gasteiger partial charge in [0.2, 0.25) is 0 Å². The van der Waals surface area contributed by atoms with Crippen molar-refractivity contribution in [2.75, 3.05) is 5.32 Å². The number of aromatic nitrogens is 2. The van der Waals surface area contributed by atoms with Crippen LogP contribution >= 0.6 is 22.9 Å². The molecule has 0 atom stereocenters. The van der Waals surface area contributed by atoms with Crippen LogP contribution in [0.3, 0.4) is 0 Å². The number of carbonyl (C=O) groups excluding carboxylic acids is 1. The summed E-state index contributed by atoms with van der Waals surface area (Å²) in [5.41, 5.74) is 0.699. The molecule has 1 aromatic carbocycles. The topological polar surface area (TPSA) is 78.7 Å². The molecule has 3 rings (SSSR count). The van der Waals surface area contributed by atoms with Gasteiger partial charge in [0, 0.05) is 11.8 Å². The van der Waals surface area contributed by atoms with Crippen molar-refractivity contribution in [2.45, 2.75) is 0 Å². The van der Waals surface area contributed by atoms with Crippen LogP contribution in [0.2, 0.25) is 5.15 Å². The number of amides is 1. The highest BCUT2D eigenvalue weighted by atomic mass is 35.5. The molecule has 2 heterocycles. The fourth-order valence-electron chi connectivity index (χ4n) is 1.96. The first kappa shape index (κ1) is 16.1. The first-order chi connectivity index (χ1) is 11.6. The average Bonchev–Trinajstić information content (AvgIpc) is 2.98. The minimum atomic E-state index is -0.487. The normalized spacial score (nSPS) is 10.2. The minimum absolute atomic E-state index is 0.199. The zero-order chi connectivity index (χ0) is 17.1. The third kappa shape index (κ3) is 3.25. The quantitative estimate of drug-likeness (QED) is 0.714. The van der Waals surface area contributed by atoms with Crippen molar-refractivity contribution >= 4 is 34.0 Å². The number of nitrogens with zero attached hydrogens (tertiary/aromatic N) is 3. The zero-order valence-electron chi connectivity index (χ0n) is 12.0. The fourth-order valence-corrected chi connectivity index (χ4v) is 2.85. The van der Waals surface area contributed by atoms with E-state index < -0.39 is 11.7 Å². The molecule has 0 aliphatic carbocycles. The van der Waals surface area contributed by atoms with Gasteiger partial charge in [-0.05, 0) is 24.3 Å². The van der Waals surface area contributed by atoms with E-state index in [2.05, 4.69) is 15.3 Å². The number of rotatable bonds is 3. The van der Waals surface area contributed by atoms with Gasteiger partial charge in [-0.1, -0.05) is 35.1 Å². The van der Waals surface area contributed by atoms with Gasteiger partial charge in [-0.3, -0.25) is 10.1 Å². The van der Waals surface area contributed by atoms with E-state index in [0.717, 1.165) is 11.3 Å². The minimum Gasteiger partial charge on any atom is -0.298 e. The Labute approximate surface area is 145 Å². The van der Waals surface area contributed by atoms with E-state index in [-0.39, 0.29) is 26.4 Å². The molecular weight excluding hydrogens is 351 g/mol. The standard InChI is InChI=1S/C16H8ClFN4OS/c17-13-6-5-9(8-20-13)15(23)22-16-21-14(12(7-19)24-16)10-3-1-2-4-11(10)18/h1-6,8H,(H,21,22,23). The van der Waals surface area contributed by atoms with Gasteiger partial charge in [-0.25, -0.2) is 14.4 Å². The average molecular weight is 359 g/mol. The van der Waals surface area contributed by atoms with E-state index in [1.54, 1.807) is 12.1 Å². The smallest absolute Gasteiger partial charge is 0.259 e. The second-order valence-corrected chi connectivity index (χ2v) is 6.00. The number of nitrogens with one attached hydrogen (secondary N) is 1. The predicted molar refractivity (Wildman–Crippen MR) is 89.4 cm³/mol. The van der Waals surface area contributed by atoms with Crippen molar-refractivity contribution < 1.29 is 9.18 Å². The number of carbonyl (C=O) groups is 1. The zero-order valence-corrected chi connectivity index (χ0v) is 13.5. The highest BCUT2D eigenvalue weighted by molar-refractivity contribution is 7.16. The molecule has 0 unspecified atom stereocenters. The van der Waals surface area contributed by atoms with Gasteiger partial charge in [0.25, 0.3) is 5.91 Å². The third-order valence-electron chi connectivity index (χ3n) is 3.07. The van der Waals surface area contributed by atoms with E-state index in [4.69, 9.17) is 11.6 Å². The summed E-state index contributed by atoms with van der Waals surface area (Å²) in [4.78, 5) is 20.4. The van der Waals surface area contributed by atoms with Gasteiger partial charge >= 0.3 is 0 Å². The molecule has 0 saturated heterocycles. The van der Waals surface area contributed by atoms with Crippen LogP contribution < -0.4 is 5.32 Å². The summed E-state index contributed by atoms with van der Waals surface area (Å²) in [6, 6.07) is 11.0. The maximum absolute atomic E-state index is 13.9. The molecule has 118 valence electrons. The summed E-state index contributed by atoms with van der Waals surface area (Å²) in [5.74, 6) is -0.934. The van der Waals surface area contributed by atoms with Crippen LogP contribution in [-0.4, -0.2) is 15.9 Å². The molecule has 0 aliphatic heterocycles. The maximum atomic E-state index is 13.9. The molecule has 8 heteroatoms. The van der Waals surface area contributed by atoms with Crippen LogP contribution in [-0.2, 0) is 0 Å². The molecule has 1 amide bonds. The first-order valence-corrected chi connectivity index (χ1v) is 7.86. The molecule has 24 heavy (non-hydrogen) atoms. The molecule has 0 bridgehead atoms. The van der Waals surface area contributed by atoms with Crippen LogP contribution in [0.25, 0.3) is 11.3 Å². The molecule has 2 aromatic heterocycles. The number of thiazole rings is 1. The number of benzene rings is 1. The Balaban J connectivity index is 1.91. The highest BCUT2D eigenvalue weighted by Crippen LogP contribution is 2.32. The van der Waals surface area contributed by atoms with E-state index >= 15 is 0 Å². The molecule has 0 saturated carbocycles. The molecule has 3 aromatic rings. The lowest BCUT2D eigenvalue weighted by atomic mass is 10.1. The van der Waals surface area contributed by atoms with Crippen molar-refractivity contribution in [1.82, 2.24) is 9.97 Å². The maximum Gasteiger partial charge on any atom is 0.259 e. The molecule has 0 fully saturated rings. The molecule has 0 spiro atoms. The van der Waals surface area contributed by atoms with Gasteiger partial charge in [0.1, 0.15) is 27.6 Å². The van der Waals surface area contributed by atoms with Crippen LogP contribution in [0.15, 0.2) is 42.6 Å². The van der Waals surface area contributed by atoms with Gasteiger partial charge in [-0.15, -0.1) is 0 Å². The highest BCUT2D eigenvalue weighted by Gasteiger charge is 2.17. The Morgan fingerprint density at radius 1 is 1.29 bits per heavy atom. The largest absolute Gasteiger partial charge is 0.298 e. The van der Waals surface area contributed by atoms with Gasteiger partial charge < -0.3 is 0 Å². The van der Waals surface area contributed by atoms with E-state index in [1.165, 1.54) is 30.5 Å². The second-order valence-electron chi connectivity index (χ2n) is 4.61. The lowest BCUT2D eigenvalue weighted by molar-refractivity contribution is 0.102. The van der Waals surface area contributed by atoms with Gasteiger partial charge in [0.05, 0.1) is 5.56 Å². The SMILES string of the molecule is N#Cc1sc(NC(=O)c2ccc(Cl)nc2)nc1-c1ccccc1F. The Morgan fingerprint density at radius 2 is 2.08 bits per heavy atom. The molecule has 0 aliphatic rings. The van der Waals surface area contributed by atoms with Crippen LogP contribution in [0, 0.1) is 17.1 Å². The molecule has 1 N–H and O–H groups in total. The van der Waals surface area contributed by atoms with Crippen molar-refractivity contribution in [1.29, 1.82) is 5.26 Å². The Kier molecular flexibility index (Phi) is 4.51. The molecule has 0 radical (unpaired) electrons. The monoisotopic (exact) mass is 358 g/mol. The Morgan fingerprint density at radius 3 is 2.75 bits per heavy atom. The summed E-state index contributed by atoms with van der Waals surface area (Å²) < 4.78 is 13.9. The number of halogens is 2. The van der Waals surface area contributed by atoms with E-state index in [0.29, 0.717) is 5.56 Å². The van der Waals surface area contributed by atoms with Crippen LogP contribution in [0.4, 0.5) is 9.52 Å². The van der Waals surface area contributed by atoms with Gasteiger partial charge in [-0.2, -0.15) is 5.26 Å². The summed E-state index contributed by atoms with van der Waals surface area (Å²) in [7, 11) is 0. The Hall–Kier alpha value is -2.82. The number of nitriles is 1. The third-order valence-corrected chi connectivity index (χ3v) is 4.17. The van der Waals surface area contributed by atoms with Crippen LogP contribution in [0.1, 0.15) is 15.2 Å². The molecule has 5 nitrogen and oxygen atoms in total. The number of hydrogen-bond donors (Lipinski definition) is 1. The van der Waals surface area contributed by atoms with Crippen molar-refractivity contribution in [3.8, 4) is 17.3 Å². The van der Waals surface area contributed by atoms with Crippen molar-refractivity contribution in [2.24, 2.45) is 0 Å². The van der Waals surface area contributed by atoms with Crippen molar-refractivity contribution in [3.05, 3.63) is 64.0 Å².